The number of allylic oxidation sites excluding steroid dienone is 8. The second-order valence-electron chi connectivity index (χ2n) is 5.77. The SMILES string of the molecule is CC(=O)[C@@H]1CCC2=CC3C=CC=CC(C=C2C1)C3. The average molecular weight is 240 g/mol. The molecule has 3 rings (SSSR count). The van der Waals surface area contributed by atoms with Crippen molar-refractivity contribution >= 4 is 5.78 Å². The standard InChI is InChI=1S/C17H20O/c1-12(18)15-6-7-16-9-13-4-2-3-5-14(8-13)10-17(16)11-15/h2-5,9-10,13-15H,6-8,11H2,1H3/t13?,14?,15-/m1/s1. The minimum absolute atomic E-state index is 0.257. The molecule has 0 N–H and O–H groups in total. The predicted octanol–water partition coefficient (Wildman–Crippen LogP) is 3.99. The Morgan fingerprint density at radius 2 is 1.78 bits per heavy atom. The van der Waals surface area contributed by atoms with Crippen molar-refractivity contribution in [2.45, 2.75) is 32.6 Å². The second-order valence-corrected chi connectivity index (χ2v) is 5.77. The van der Waals surface area contributed by atoms with Gasteiger partial charge in [-0.25, -0.2) is 0 Å². The Bertz CT molecular complexity index is 476. The molecule has 0 aliphatic heterocycles. The Labute approximate surface area is 109 Å². The third-order valence-electron chi connectivity index (χ3n) is 4.42. The van der Waals surface area contributed by atoms with Crippen LogP contribution in [0.4, 0.5) is 0 Å². The van der Waals surface area contributed by atoms with E-state index in [1.807, 2.05) is 0 Å². The van der Waals surface area contributed by atoms with E-state index in [4.69, 9.17) is 0 Å². The van der Waals surface area contributed by atoms with Gasteiger partial charge in [-0.05, 0) is 55.6 Å². The van der Waals surface area contributed by atoms with Crippen molar-refractivity contribution < 1.29 is 4.79 Å². The van der Waals surface area contributed by atoms with E-state index in [-0.39, 0.29) is 5.92 Å². The lowest BCUT2D eigenvalue weighted by Gasteiger charge is -2.25. The van der Waals surface area contributed by atoms with Gasteiger partial charge in [0.2, 0.25) is 0 Å². The van der Waals surface area contributed by atoms with Gasteiger partial charge >= 0.3 is 0 Å². The number of ketones is 1. The number of carbonyl (C=O) groups excluding carboxylic acids is 1. The molecule has 3 aliphatic carbocycles. The molecule has 2 unspecified atom stereocenters. The number of fused-ring (bicyclic) bond motifs is 3. The number of rotatable bonds is 1. The summed E-state index contributed by atoms with van der Waals surface area (Å²) in [6.45, 7) is 1.74. The van der Waals surface area contributed by atoms with Crippen molar-refractivity contribution in [2.24, 2.45) is 17.8 Å². The minimum atomic E-state index is 0.257. The lowest BCUT2D eigenvalue weighted by Crippen LogP contribution is -2.17. The van der Waals surface area contributed by atoms with Crippen molar-refractivity contribution in [3.8, 4) is 0 Å². The first-order valence-electron chi connectivity index (χ1n) is 6.99. The molecule has 1 nitrogen and oxygen atoms in total. The summed E-state index contributed by atoms with van der Waals surface area (Å²) >= 11 is 0. The maximum absolute atomic E-state index is 11.6. The van der Waals surface area contributed by atoms with Crippen molar-refractivity contribution in [1.82, 2.24) is 0 Å². The van der Waals surface area contributed by atoms with E-state index < -0.39 is 0 Å². The van der Waals surface area contributed by atoms with Crippen LogP contribution in [0.2, 0.25) is 0 Å². The highest BCUT2D eigenvalue weighted by atomic mass is 16.1. The van der Waals surface area contributed by atoms with Gasteiger partial charge in [-0.3, -0.25) is 4.79 Å². The van der Waals surface area contributed by atoms with E-state index in [2.05, 4.69) is 36.5 Å². The summed E-state index contributed by atoms with van der Waals surface area (Å²) in [4.78, 5) is 11.6. The number of Topliss-reactive ketones (excluding diaryl/α,β-unsaturated/α-hetero) is 1. The topological polar surface area (TPSA) is 17.1 Å². The zero-order chi connectivity index (χ0) is 12.5. The first-order chi connectivity index (χ1) is 8.72. The van der Waals surface area contributed by atoms with Gasteiger partial charge < -0.3 is 0 Å². The summed E-state index contributed by atoms with van der Waals surface area (Å²) in [6.07, 6.45) is 18.0. The zero-order valence-corrected chi connectivity index (χ0v) is 10.9. The Morgan fingerprint density at radius 3 is 2.44 bits per heavy atom. The van der Waals surface area contributed by atoms with E-state index in [1.54, 1.807) is 6.92 Å². The Hall–Kier alpha value is -1.37. The minimum Gasteiger partial charge on any atom is -0.300 e. The maximum Gasteiger partial charge on any atom is 0.133 e. The molecule has 3 aliphatic rings. The molecule has 0 aromatic heterocycles. The largest absolute Gasteiger partial charge is 0.300 e. The fourth-order valence-electron chi connectivity index (χ4n) is 3.35. The van der Waals surface area contributed by atoms with E-state index in [9.17, 15) is 4.79 Å². The summed E-state index contributed by atoms with van der Waals surface area (Å²) in [7, 11) is 0. The quantitative estimate of drug-likeness (QED) is 0.677. The molecule has 0 amide bonds. The van der Waals surface area contributed by atoms with Gasteiger partial charge in [0.1, 0.15) is 5.78 Å². The van der Waals surface area contributed by atoms with Crippen LogP contribution in [0, 0.1) is 17.8 Å². The molecule has 0 spiro atoms. The maximum atomic E-state index is 11.6. The van der Waals surface area contributed by atoms with Gasteiger partial charge in [0.05, 0.1) is 0 Å². The van der Waals surface area contributed by atoms with Crippen LogP contribution in [0.1, 0.15) is 32.6 Å². The summed E-state index contributed by atoms with van der Waals surface area (Å²) in [5, 5.41) is 0. The highest BCUT2D eigenvalue weighted by Gasteiger charge is 2.27. The molecule has 94 valence electrons. The van der Waals surface area contributed by atoms with E-state index in [0.717, 1.165) is 19.3 Å². The van der Waals surface area contributed by atoms with Gasteiger partial charge in [0.15, 0.2) is 0 Å². The van der Waals surface area contributed by atoms with Crippen LogP contribution in [0.3, 0.4) is 0 Å². The molecule has 2 bridgehead atoms. The van der Waals surface area contributed by atoms with Gasteiger partial charge in [-0.15, -0.1) is 0 Å². The van der Waals surface area contributed by atoms with Crippen molar-refractivity contribution in [3.63, 3.8) is 0 Å². The van der Waals surface area contributed by atoms with Gasteiger partial charge in [-0.2, -0.15) is 0 Å². The Kier molecular flexibility index (Phi) is 3.07. The van der Waals surface area contributed by atoms with Crippen molar-refractivity contribution in [2.75, 3.05) is 0 Å². The van der Waals surface area contributed by atoms with Gasteiger partial charge in [0, 0.05) is 5.92 Å². The Balaban J connectivity index is 1.91. The number of hydrogen-bond donors (Lipinski definition) is 0. The molecule has 18 heavy (non-hydrogen) atoms. The normalized spacial score (nSPS) is 33.9. The second kappa shape index (κ2) is 4.72. The summed E-state index contributed by atoms with van der Waals surface area (Å²) in [5.74, 6) is 1.73. The molecule has 1 heteroatoms. The molecule has 0 heterocycles. The molecule has 0 aromatic carbocycles. The lowest BCUT2D eigenvalue weighted by molar-refractivity contribution is -0.121. The first-order valence-corrected chi connectivity index (χ1v) is 6.99. The van der Waals surface area contributed by atoms with Gasteiger partial charge in [-0.1, -0.05) is 36.5 Å². The molecule has 0 saturated heterocycles. The molecule has 0 radical (unpaired) electrons. The molecule has 3 atom stereocenters. The monoisotopic (exact) mass is 240 g/mol. The first kappa shape index (κ1) is 11.7. The summed E-state index contributed by atoms with van der Waals surface area (Å²) < 4.78 is 0. The van der Waals surface area contributed by atoms with Crippen LogP contribution < -0.4 is 0 Å². The highest BCUT2D eigenvalue weighted by molar-refractivity contribution is 5.79. The predicted molar refractivity (Wildman–Crippen MR) is 74.1 cm³/mol. The Morgan fingerprint density at radius 1 is 1.11 bits per heavy atom. The molecular formula is C17H20O. The summed E-state index contributed by atoms with van der Waals surface area (Å²) in [5.41, 5.74) is 2.94. The van der Waals surface area contributed by atoms with E-state index >= 15 is 0 Å². The van der Waals surface area contributed by atoms with Crippen LogP contribution in [0.5, 0.6) is 0 Å². The third-order valence-corrected chi connectivity index (χ3v) is 4.42. The van der Waals surface area contributed by atoms with Crippen LogP contribution in [-0.2, 0) is 4.79 Å². The molecule has 0 aromatic rings. The van der Waals surface area contributed by atoms with E-state index in [1.165, 1.54) is 17.6 Å². The fraction of sp³-hybridized carbons (Fsp3) is 0.471. The summed E-state index contributed by atoms with van der Waals surface area (Å²) in [6, 6.07) is 0. The van der Waals surface area contributed by atoms with Crippen LogP contribution >= 0.6 is 0 Å². The molecule has 1 saturated carbocycles. The van der Waals surface area contributed by atoms with Crippen LogP contribution in [-0.4, -0.2) is 5.78 Å². The zero-order valence-electron chi connectivity index (χ0n) is 10.9. The van der Waals surface area contributed by atoms with Crippen LogP contribution in [0.15, 0.2) is 47.6 Å². The van der Waals surface area contributed by atoms with Crippen molar-refractivity contribution in [1.29, 1.82) is 0 Å². The average Bonchev–Trinajstić information content (AvgIpc) is 2.66. The van der Waals surface area contributed by atoms with Crippen LogP contribution in [0.25, 0.3) is 0 Å². The molecular weight excluding hydrogens is 220 g/mol. The fourth-order valence-corrected chi connectivity index (χ4v) is 3.35. The lowest BCUT2D eigenvalue weighted by atomic mass is 9.79. The van der Waals surface area contributed by atoms with E-state index in [0.29, 0.717) is 17.6 Å². The highest BCUT2D eigenvalue weighted by Crippen LogP contribution is 2.39. The number of carbonyl (C=O) groups is 1. The van der Waals surface area contributed by atoms with Gasteiger partial charge in [0.25, 0.3) is 0 Å². The van der Waals surface area contributed by atoms with Crippen molar-refractivity contribution in [3.05, 3.63) is 47.6 Å². The number of hydrogen-bond acceptors (Lipinski definition) is 1. The molecule has 1 fully saturated rings. The third kappa shape index (κ3) is 2.27. The smallest absolute Gasteiger partial charge is 0.133 e.